The third-order valence-electron chi connectivity index (χ3n) is 5.46. The van der Waals surface area contributed by atoms with Gasteiger partial charge in [-0.05, 0) is 48.4 Å². The van der Waals surface area contributed by atoms with Gasteiger partial charge in [0.05, 0.1) is 5.69 Å². The van der Waals surface area contributed by atoms with Crippen molar-refractivity contribution in [3.8, 4) is 11.1 Å². The molecule has 2 heterocycles. The lowest BCUT2D eigenvalue weighted by molar-refractivity contribution is 0.104. The number of rotatable bonds is 3. The van der Waals surface area contributed by atoms with E-state index < -0.39 is 0 Å². The molecule has 0 unspecified atom stereocenters. The smallest absolute Gasteiger partial charge is 0.205 e. The maximum atomic E-state index is 13.1. The molecule has 0 amide bonds. The summed E-state index contributed by atoms with van der Waals surface area (Å²) in [4.78, 5) is 19.4. The summed E-state index contributed by atoms with van der Waals surface area (Å²) in [5.41, 5.74) is 12.3. The van der Waals surface area contributed by atoms with Crippen molar-refractivity contribution in [2.45, 2.75) is 25.7 Å². The maximum absolute atomic E-state index is 13.1. The molecule has 0 bridgehead atoms. The van der Waals surface area contributed by atoms with Gasteiger partial charge in [0.1, 0.15) is 9.71 Å². The summed E-state index contributed by atoms with van der Waals surface area (Å²) in [7, 11) is 0. The Morgan fingerprint density at radius 3 is 2.43 bits per heavy atom. The number of aryl methyl sites for hydroxylation is 2. The molecule has 4 heteroatoms. The highest BCUT2D eigenvalue weighted by atomic mass is 32.1. The molecule has 0 radical (unpaired) electrons. The van der Waals surface area contributed by atoms with Crippen LogP contribution in [0.3, 0.4) is 0 Å². The van der Waals surface area contributed by atoms with E-state index in [0.717, 1.165) is 34.2 Å². The number of anilines is 1. The van der Waals surface area contributed by atoms with Gasteiger partial charge in [-0.3, -0.25) is 4.79 Å². The lowest BCUT2D eigenvalue weighted by Crippen LogP contribution is -2.05. The fourth-order valence-electron chi connectivity index (χ4n) is 3.90. The van der Waals surface area contributed by atoms with Gasteiger partial charge in [0, 0.05) is 16.6 Å². The fourth-order valence-corrected chi connectivity index (χ4v) is 4.96. The van der Waals surface area contributed by atoms with Crippen LogP contribution in [0.2, 0.25) is 0 Å². The van der Waals surface area contributed by atoms with Crippen LogP contribution in [0.15, 0.2) is 60.7 Å². The molecule has 3 nitrogen and oxygen atoms in total. The van der Waals surface area contributed by atoms with Gasteiger partial charge >= 0.3 is 0 Å². The summed E-state index contributed by atoms with van der Waals surface area (Å²) in [5, 5.41) is 0.926. The molecule has 1 aliphatic rings. The molecular formula is C24H20N2OS. The fraction of sp³-hybridized carbons (Fsp3) is 0.167. The van der Waals surface area contributed by atoms with Gasteiger partial charge in [0.25, 0.3) is 0 Å². The number of fused-ring (bicyclic) bond motifs is 2. The molecule has 4 aromatic rings. The van der Waals surface area contributed by atoms with E-state index in [2.05, 4.69) is 18.2 Å². The Hall–Kier alpha value is -2.98. The van der Waals surface area contributed by atoms with Crippen LogP contribution in [0, 0.1) is 0 Å². The van der Waals surface area contributed by atoms with Crippen LogP contribution >= 0.6 is 11.3 Å². The molecule has 0 atom stereocenters. The van der Waals surface area contributed by atoms with Gasteiger partial charge in [-0.2, -0.15) is 0 Å². The predicted molar refractivity (Wildman–Crippen MR) is 116 cm³/mol. The molecule has 2 N–H and O–H groups in total. The Morgan fingerprint density at radius 1 is 0.929 bits per heavy atom. The first-order chi connectivity index (χ1) is 13.7. The Kier molecular flexibility index (Phi) is 4.21. The second-order valence-electron chi connectivity index (χ2n) is 7.27. The van der Waals surface area contributed by atoms with Crippen molar-refractivity contribution in [1.82, 2.24) is 4.98 Å². The largest absolute Gasteiger partial charge is 0.397 e. The van der Waals surface area contributed by atoms with Crippen molar-refractivity contribution in [1.29, 1.82) is 0 Å². The minimum atomic E-state index is -0.0296. The van der Waals surface area contributed by atoms with Crippen molar-refractivity contribution < 1.29 is 4.79 Å². The van der Waals surface area contributed by atoms with Gasteiger partial charge in [-0.15, -0.1) is 11.3 Å². The number of ketones is 1. The van der Waals surface area contributed by atoms with Crippen LogP contribution in [0.1, 0.15) is 39.3 Å². The van der Waals surface area contributed by atoms with Gasteiger partial charge in [0.2, 0.25) is 5.78 Å². The SMILES string of the molecule is Nc1c(C(=O)c2ccc(-c3ccccc3)cc2)sc2nc3c(cc12)CCCC3. The number of carbonyl (C=O) groups is 1. The van der Waals surface area contributed by atoms with Crippen molar-refractivity contribution in [2.75, 3.05) is 5.73 Å². The predicted octanol–water partition coefficient (Wildman–Crippen LogP) is 5.66. The third kappa shape index (κ3) is 2.90. The topological polar surface area (TPSA) is 56.0 Å². The standard InChI is InChI=1S/C24H20N2OS/c25-21-19-14-18-8-4-5-9-20(18)26-24(19)28-23(21)22(27)17-12-10-16(11-13-17)15-6-2-1-3-7-15/h1-3,6-7,10-14H,4-5,8-9,25H2. The number of nitrogens with zero attached hydrogens (tertiary/aromatic N) is 1. The number of hydrogen-bond donors (Lipinski definition) is 1. The summed E-state index contributed by atoms with van der Waals surface area (Å²) in [5.74, 6) is -0.0296. The van der Waals surface area contributed by atoms with Crippen LogP contribution in [-0.4, -0.2) is 10.8 Å². The molecule has 0 fully saturated rings. The molecule has 2 aromatic heterocycles. The number of pyridine rings is 1. The van der Waals surface area contributed by atoms with Gasteiger partial charge in [-0.1, -0.05) is 54.6 Å². The van der Waals surface area contributed by atoms with Crippen LogP contribution in [0.5, 0.6) is 0 Å². The third-order valence-corrected chi connectivity index (χ3v) is 6.57. The number of benzene rings is 2. The highest BCUT2D eigenvalue weighted by Crippen LogP contribution is 2.36. The zero-order valence-corrected chi connectivity index (χ0v) is 16.3. The first kappa shape index (κ1) is 17.1. The zero-order chi connectivity index (χ0) is 19.1. The second kappa shape index (κ2) is 6.88. The molecule has 2 aromatic carbocycles. The summed E-state index contributed by atoms with van der Waals surface area (Å²) in [6.45, 7) is 0. The average Bonchev–Trinajstić information content (AvgIpc) is 3.08. The highest BCUT2D eigenvalue weighted by molar-refractivity contribution is 7.21. The molecule has 28 heavy (non-hydrogen) atoms. The Morgan fingerprint density at radius 2 is 1.64 bits per heavy atom. The first-order valence-corrected chi connectivity index (χ1v) is 10.4. The normalized spacial score (nSPS) is 13.4. The van der Waals surface area contributed by atoms with Crippen molar-refractivity contribution in [2.24, 2.45) is 0 Å². The first-order valence-electron chi connectivity index (χ1n) is 9.61. The molecule has 0 saturated heterocycles. The summed E-state index contributed by atoms with van der Waals surface area (Å²) < 4.78 is 0. The number of hydrogen-bond acceptors (Lipinski definition) is 4. The number of nitrogens with two attached hydrogens (primary N) is 1. The monoisotopic (exact) mass is 384 g/mol. The van der Waals surface area contributed by atoms with Gasteiger partial charge < -0.3 is 5.73 Å². The average molecular weight is 385 g/mol. The minimum Gasteiger partial charge on any atom is -0.397 e. The summed E-state index contributed by atoms with van der Waals surface area (Å²) in [6.07, 6.45) is 4.46. The van der Waals surface area contributed by atoms with E-state index in [9.17, 15) is 4.79 Å². The van der Waals surface area contributed by atoms with E-state index in [0.29, 0.717) is 16.1 Å². The summed E-state index contributed by atoms with van der Waals surface area (Å²) in [6, 6.07) is 20.0. The van der Waals surface area contributed by atoms with E-state index in [1.807, 2.05) is 42.5 Å². The van der Waals surface area contributed by atoms with Gasteiger partial charge in [-0.25, -0.2) is 4.98 Å². The van der Waals surface area contributed by atoms with Crippen LogP contribution in [0.25, 0.3) is 21.3 Å². The van der Waals surface area contributed by atoms with E-state index in [1.54, 1.807) is 0 Å². The lowest BCUT2D eigenvalue weighted by Gasteiger charge is -2.14. The molecule has 0 saturated carbocycles. The Labute approximate surface area is 167 Å². The van der Waals surface area contributed by atoms with E-state index >= 15 is 0 Å². The van der Waals surface area contributed by atoms with Crippen molar-refractivity contribution in [3.63, 3.8) is 0 Å². The van der Waals surface area contributed by atoms with E-state index in [4.69, 9.17) is 10.7 Å². The molecule has 138 valence electrons. The second-order valence-corrected chi connectivity index (χ2v) is 8.27. The molecule has 0 spiro atoms. The zero-order valence-electron chi connectivity index (χ0n) is 15.4. The van der Waals surface area contributed by atoms with Crippen molar-refractivity contribution in [3.05, 3.63) is 82.4 Å². The Bertz CT molecular complexity index is 1180. The number of carbonyl (C=O) groups excluding carboxylic acids is 1. The molecule has 5 rings (SSSR count). The maximum Gasteiger partial charge on any atom is 0.205 e. The molecule has 0 aliphatic heterocycles. The van der Waals surface area contributed by atoms with Crippen LogP contribution in [-0.2, 0) is 12.8 Å². The van der Waals surface area contributed by atoms with E-state index in [-0.39, 0.29) is 5.78 Å². The number of nitrogen functional groups attached to an aromatic ring is 1. The van der Waals surface area contributed by atoms with Crippen LogP contribution in [0.4, 0.5) is 5.69 Å². The van der Waals surface area contributed by atoms with E-state index in [1.165, 1.54) is 35.4 Å². The summed E-state index contributed by atoms with van der Waals surface area (Å²) >= 11 is 1.41. The van der Waals surface area contributed by atoms with Crippen LogP contribution < -0.4 is 5.73 Å². The van der Waals surface area contributed by atoms with Crippen molar-refractivity contribution >= 4 is 33.0 Å². The number of aromatic nitrogens is 1. The molecule has 1 aliphatic carbocycles. The highest BCUT2D eigenvalue weighted by Gasteiger charge is 2.21. The minimum absolute atomic E-state index is 0.0296. The Balaban J connectivity index is 1.51. The number of thiophene rings is 1. The quantitative estimate of drug-likeness (QED) is 0.464. The molecular weight excluding hydrogens is 364 g/mol. The lowest BCUT2D eigenvalue weighted by atomic mass is 9.95. The van der Waals surface area contributed by atoms with Gasteiger partial charge in [0.15, 0.2) is 0 Å².